The number of fused-ring (bicyclic) bond motifs is 2. The van der Waals surface area contributed by atoms with Crippen molar-refractivity contribution >= 4 is 17.4 Å². The van der Waals surface area contributed by atoms with Gasteiger partial charge >= 0.3 is 0 Å². The van der Waals surface area contributed by atoms with Crippen LogP contribution in [-0.2, 0) is 0 Å². The Labute approximate surface area is 194 Å². The fraction of sp³-hybridized carbons (Fsp3) is 0.259. The Morgan fingerprint density at radius 2 is 1.85 bits per heavy atom. The van der Waals surface area contributed by atoms with Crippen molar-refractivity contribution in [3.8, 4) is 17.2 Å². The third kappa shape index (κ3) is 4.04. The van der Waals surface area contributed by atoms with Crippen LogP contribution in [0.2, 0.25) is 0 Å². The smallest absolute Gasteiger partial charge is 0.254 e. The van der Waals surface area contributed by atoms with Crippen LogP contribution < -0.4 is 9.47 Å². The molecule has 6 heteroatoms. The summed E-state index contributed by atoms with van der Waals surface area (Å²) in [6, 6.07) is 21.4. The number of aryl methyl sites for hydroxylation is 1. The average molecular weight is 442 g/mol. The zero-order valence-electron chi connectivity index (χ0n) is 19.1. The van der Waals surface area contributed by atoms with E-state index in [1.807, 2.05) is 78.6 Å². The van der Waals surface area contributed by atoms with Crippen molar-refractivity contribution in [1.29, 1.82) is 0 Å². The molecule has 0 bridgehead atoms. The number of aliphatic imine (C=N–C) groups is 1. The normalized spacial score (nSPS) is 17.3. The molecule has 0 N–H and O–H groups in total. The molecule has 3 aromatic rings. The zero-order valence-corrected chi connectivity index (χ0v) is 19.1. The van der Waals surface area contributed by atoms with Gasteiger partial charge in [-0.2, -0.15) is 0 Å². The Hall–Kier alpha value is -3.80. The van der Waals surface area contributed by atoms with Crippen molar-refractivity contribution in [3.05, 3.63) is 83.4 Å². The van der Waals surface area contributed by atoms with E-state index in [2.05, 4.69) is 11.8 Å². The highest BCUT2D eigenvalue weighted by molar-refractivity contribution is 6.04. The number of carbonyl (C=O) groups is 1. The number of hydrogen-bond acceptors (Lipinski definition) is 5. The molecule has 2 aliphatic heterocycles. The lowest BCUT2D eigenvalue weighted by Crippen LogP contribution is -2.55. The second-order valence-electron chi connectivity index (χ2n) is 8.53. The molecule has 168 valence electrons. The summed E-state index contributed by atoms with van der Waals surface area (Å²) in [6.07, 6.45) is 0. The van der Waals surface area contributed by atoms with Crippen LogP contribution in [0.5, 0.6) is 17.2 Å². The van der Waals surface area contributed by atoms with Crippen LogP contribution in [0.25, 0.3) is 0 Å². The molecule has 1 saturated heterocycles. The summed E-state index contributed by atoms with van der Waals surface area (Å²) in [7, 11) is 1.65. The summed E-state index contributed by atoms with van der Waals surface area (Å²) in [5, 5.41) is 0. The molecule has 0 saturated carbocycles. The highest BCUT2D eigenvalue weighted by atomic mass is 16.5. The van der Waals surface area contributed by atoms with E-state index in [1.165, 1.54) is 0 Å². The van der Waals surface area contributed by atoms with Crippen molar-refractivity contribution in [2.45, 2.75) is 19.9 Å². The molecule has 0 radical (unpaired) electrons. The first-order valence-corrected chi connectivity index (χ1v) is 11.2. The number of rotatable bonds is 2. The van der Waals surface area contributed by atoms with E-state index in [0.717, 1.165) is 39.7 Å². The molecule has 1 fully saturated rings. The van der Waals surface area contributed by atoms with Gasteiger partial charge in [-0.05, 0) is 55.8 Å². The molecule has 6 nitrogen and oxygen atoms in total. The van der Waals surface area contributed by atoms with E-state index < -0.39 is 0 Å². The van der Waals surface area contributed by atoms with Gasteiger partial charge in [0, 0.05) is 37.3 Å². The van der Waals surface area contributed by atoms with Crippen molar-refractivity contribution in [3.63, 3.8) is 0 Å². The number of ether oxygens (including phenoxy) is 2. The maximum atomic E-state index is 13.1. The van der Waals surface area contributed by atoms with Gasteiger partial charge in [0.05, 0.1) is 12.7 Å². The molecule has 1 amide bonds. The van der Waals surface area contributed by atoms with Crippen LogP contribution in [0.4, 0.5) is 5.69 Å². The van der Waals surface area contributed by atoms with Crippen molar-refractivity contribution in [2.75, 3.05) is 26.7 Å². The van der Waals surface area contributed by atoms with E-state index in [-0.39, 0.29) is 11.9 Å². The number of piperazine rings is 1. The zero-order chi connectivity index (χ0) is 22.9. The molecule has 0 aliphatic carbocycles. The molecule has 0 aromatic heterocycles. The minimum atomic E-state index is 0.0394. The van der Waals surface area contributed by atoms with Crippen molar-refractivity contribution < 1.29 is 14.3 Å². The number of carbonyl (C=O) groups excluding carboxylic acids is 1. The first kappa shape index (κ1) is 21.1. The Kier molecular flexibility index (Phi) is 5.50. The summed E-state index contributed by atoms with van der Waals surface area (Å²) in [5.74, 6) is 3.10. The summed E-state index contributed by atoms with van der Waals surface area (Å²) in [4.78, 5) is 22.3. The van der Waals surface area contributed by atoms with Gasteiger partial charge in [-0.1, -0.05) is 24.3 Å². The Bertz CT molecular complexity index is 1220. The van der Waals surface area contributed by atoms with E-state index in [9.17, 15) is 4.79 Å². The largest absolute Gasteiger partial charge is 0.497 e. The maximum absolute atomic E-state index is 13.1. The highest BCUT2D eigenvalue weighted by Gasteiger charge is 2.32. The maximum Gasteiger partial charge on any atom is 0.254 e. The lowest BCUT2D eigenvalue weighted by atomic mass is 10.1. The van der Waals surface area contributed by atoms with Crippen LogP contribution in [-0.4, -0.2) is 54.3 Å². The molecular weight excluding hydrogens is 414 g/mol. The Balaban J connectivity index is 1.48. The second kappa shape index (κ2) is 8.62. The van der Waals surface area contributed by atoms with E-state index >= 15 is 0 Å². The van der Waals surface area contributed by atoms with Gasteiger partial charge < -0.3 is 19.3 Å². The minimum absolute atomic E-state index is 0.0394. The highest BCUT2D eigenvalue weighted by Crippen LogP contribution is 2.40. The number of benzene rings is 3. The second-order valence-corrected chi connectivity index (χ2v) is 8.53. The molecule has 2 aliphatic rings. The molecule has 33 heavy (non-hydrogen) atoms. The fourth-order valence-electron chi connectivity index (χ4n) is 4.43. The molecule has 5 rings (SSSR count). The summed E-state index contributed by atoms with van der Waals surface area (Å²) >= 11 is 0. The van der Waals surface area contributed by atoms with Gasteiger partial charge in [0.2, 0.25) is 0 Å². The first-order chi connectivity index (χ1) is 16.0. The predicted molar refractivity (Wildman–Crippen MR) is 129 cm³/mol. The number of nitrogens with zero attached hydrogens (tertiary/aromatic N) is 3. The van der Waals surface area contributed by atoms with E-state index in [0.29, 0.717) is 25.4 Å². The quantitative estimate of drug-likeness (QED) is 0.560. The number of amidine groups is 1. The predicted octanol–water partition coefficient (Wildman–Crippen LogP) is 5.03. The minimum Gasteiger partial charge on any atom is -0.497 e. The van der Waals surface area contributed by atoms with Crippen LogP contribution >= 0.6 is 0 Å². The summed E-state index contributed by atoms with van der Waals surface area (Å²) in [5.41, 5.74) is 3.54. The summed E-state index contributed by atoms with van der Waals surface area (Å²) in [6.45, 7) is 6.13. The van der Waals surface area contributed by atoms with Crippen molar-refractivity contribution in [2.24, 2.45) is 4.99 Å². The van der Waals surface area contributed by atoms with Gasteiger partial charge in [-0.25, -0.2) is 4.99 Å². The molecular formula is C27H27N3O3. The monoisotopic (exact) mass is 441 g/mol. The molecule has 1 atom stereocenters. The van der Waals surface area contributed by atoms with Crippen LogP contribution in [0.3, 0.4) is 0 Å². The van der Waals surface area contributed by atoms with E-state index in [4.69, 9.17) is 14.5 Å². The third-order valence-electron chi connectivity index (χ3n) is 6.20. The van der Waals surface area contributed by atoms with Crippen LogP contribution in [0, 0.1) is 6.92 Å². The summed E-state index contributed by atoms with van der Waals surface area (Å²) < 4.78 is 11.7. The molecule has 3 aromatic carbocycles. The molecule has 1 unspecified atom stereocenters. The topological polar surface area (TPSA) is 54.4 Å². The SMILES string of the molecule is COc1ccc2c(c1)Oc1cc(C)ccc1N=C2N1CCN(C(=O)c2ccccc2)C(C)C1. The number of hydrogen-bond donors (Lipinski definition) is 0. The standard InChI is InChI=1S/C27H27N3O3/c1-18-9-12-23-25(15-18)33-24-16-21(32-3)10-11-22(24)26(28-23)29-13-14-30(19(2)17-29)27(31)20-7-5-4-6-8-20/h4-12,15-16,19H,13-14,17H2,1-3H3. The van der Waals surface area contributed by atoms with Crippen LogP contribution in [0.15, 0.2) is 71.7 Å². The molecule has 2 heterocycles. The Morgan fingerprint density at radius 3 is 2.61 bits per heavy atom. The fourth-order valence-corrected chi connectivity index (χ4v) is 4.43. The lowest BCUT2D eigenvalue weighted by Gasteiger charge is -2.41. The van der Waals surface area contributed by atoms with E-state index in [1.54, 1.807) is 7.11 Å². The van der Waals surface area contributed by atoms with Gasteiger partial charge in [0.15, 0.2) is 5.75 Å². The van der Waals surface area contributed by atoms with Gasteiger partial charge in [0.1, 0.15) is 23.0 Å². The number of amides is 1. The van der Waals surface area contributed by atoms with Gasteiger partial charge in [-0.3, -0.25) is 4.79 Å². The third-order valence-corrected chi connectivity index (χ3v) is 6.20. The van der Waals surface area contributed by atoms with Crippen LogP contribution in [0.1, 0.15) is 28.4 Å². The van der Waals surface area contributed by atoms with Gasteiger partial charge in [0.25, 0.3) is 5.91 Å². The van der Waals surface area contributed by atoms with Gasteiger partial charge in [-0.15, -0.1) is 0 Å². The Morgan fingerprint density at radius 1 is 1.03 bits per heavy atom. The first-order valence-electron chi connectivity index (χ1n) is 11.2. The average Bonchev–Trinajstić information content (AvgIpc) is 2.99. The van der Waals surface area contributed by atoms with Crippen molar-refractivity contribution in [1.82, 2.24) is 9.80 Å². The molecule has 0 spiro atoms. The number of methoxy groups -OCH3 is 1. The lowest BCUT2D eigenvalue weighted by molar-refractivity contribution is 0.0581.